The third-order valence-electron chi connectivity index (χ3n) is 6.69. The number of halogens is 6. The molecule has 0 atom stereocenters. The molecule has 2 aromatic rings. The number of carbonyl (C=O) groups is 2. The number of ether oxygens (including phenoxy) is 1. The highest BCUT2D eigenvalue weighted by Crippen LogP contribution is 2.48. The summed E-state index contributed by atoms with van der Waals surface area (Å²) < 4.78 is 90.6. The van der Waals surface area contributed by atoms with Crippen LogP contribution in [0.25, 0.3) is 6.08 Å². The summed E-state index contributed by atoms with van der Waals surface area (Å²) in [5.41, 5.74) is -4.32. The van der Waals surface area contributed by atoms with Crippen molar-refractivity contribution in [3.05, 3.63) is 59.2 Å². The number of anilines is 1. The lowest BCUT2D eigenvalue weighted by molar-refractivity contribution is -0.163. The first kappa shape index (κ1) is 30.9. The van der Waals surface area contributed by atoms with E-state index in [1.165, 1.54) is 23.1 Å². The summed E-state index contributed by atoms with van der Waals surface area (Å²) in [4.78, 5) is 27.9. The van der Waals surface area contributed by atoms with Crippen LogP contribution < -0.4 is 5.32 Å². The van der Waals surface area contributed by atoms with E-state index in [1.54, 1.807) is 6.07 Å². The van der Waals surface area contributed by atoms with Gasteiger partial charge in [0.15, 0.2) is 0 Å². The third-order valence-corrected chi connectivity index (χ3v) is 7.83. The number of likely N-dealkylation sites (tertiary alicyclic amines) is 1. The molecule has 2 aliphatic heterocycles. The van der Waals surface area contributed by atoms with Gasteiger partial charge in [-0.1, -0.05) is 36.4 Å². The molecule has 0 aliphatic carbocycles. The maximum Gasteiger partial charge on any atom is 0.418 e. The highest BCUT2D eigenvalue weighted by atomic mass is 32.2. The Bertz CT molecular complexity index is 1270. The molecule has 2 amide bonds. The van der Waals surface area contributed by atoms with Crippen molar-refractivity contribution in [3.8, 4) is 0 Å². The van der Waals surface area contributed by atoms with Crippen LogP contribution in [0.1, 0.15) is 36.0 Å². The molecule has 6 nitrogen and oxygen atoms in total. The number of benzene rings is 2. The summed E-state index contributed by atoms with van der Waals surface area (Å²) in [5, 5.41) is 2.69. The molecule has 0 bridgehead atoms. The van der Waals surface area contributed by atoms with Crippen LogP contribution in [0.5, 0.6) is 0 Å². The Morgan fingerprint density at radius 2 is 1.51 bits per heavy atom. The Morgan fingerprint density at radius 3 is 2.17 bits per heavy atom. The minimum absolute atomic E-state index is 0.106. The van der Waals surface area contributed by atoms with Crippen LogP contribution in [0.15, 0.2) is 52.3 Å². The Kier molecular flexibility index (Phi) is 10.0. The second-order valence-corrected chi connectivity index (χ2v) is 10.7. The lowest BCUT2D eigenvalue weighted by Gasteiger charge is -2.26. The smallest absolute Gasteiger partial charge is 0.378 e. The zero-order valence-electron chi connectivity index (χ0n) is 22.0. The first-order chi connectivity index (χ1) is 19.4. The minimum atomic E-state index is -5.37. The molecule has 0 aromatic heterocycles. The number of hydrogen-bond donors (Lipinski definition) is 1. The number of para-hydroxylation sites is 1. The monoisotopic (exact) mass is 601 g/mol. The molecular weight excluding hydrogens is 572 g/mol. The van der Waals surface area contributed by atoms with Gasteiger partial charge < -0.3 is 15.0 Å². The predicted molar refractivity (Wildman–Crippen MR) is 142 cm³/mol. The van der Waals surface area contributed by atoms with Crippen molar-refractivity contribution in [3.63, 3.8) is 0 Å². The van der Waals surface area contributed by atoms with Crippen LogP contribution >= 0.6 is 11.8 Å². The molecule has 0 saturated carbocycles. The second kappa shape index (κ2) is 13.3. The minimum Gasteiger partial charge on any atom is -0.378 e. The average Bonchev–Trinajstić information content (AvgIpc) is 2.92. The number of morpholine rings is 1. The topological polar surface area (TPSA) is 61.9 Å². The van der Waals surface area contributed by atoms with E-state index >= 15 is 0 Å². The molecule has 0 unspecified atom stereocenters. The first-order valence-electron chi connectivity index (χ1n) is 13.1. The summed E-state index contributed by atoms with van der Waals surface area (Å²) >= 11 is 0.480. The van der Waals surface area contributed by atoms with Crippen LogP contribution in [0.4, 0.5) is 32.0 Å². The fourth-order valence-corrected chi connectivity index (χ4v) is 5.82. The Hall–Kier alpha value is -3.03. The van der Waals surface area contributed by atoms with E-state index in [0.29, 0.717) is 11.8 Å². The quantitative estimate of drug-likeness (QED) is 0.304. The van der Waals surface area contributed by atoms with E-state index < -0.39 is 39.8 Å². The molecule has 0 spiro atoms. The average molecular weight is 602 g/mol. The van der Waals surface area contributed by atoms with E-state index in [2.05, 4.69) is 5.32 Å². The molecule has 4 rings (SSSR count). The normalized spacial score (nSPS) is 17.2. The SMILES string of the molecule is O=C(CN1CCCCC1)Nc1ccccc1Sc1ccc(/C=C/C(=O)N2CCOCC2)c(C(F)(F)F)c1C(F)(F)F. The number of rotatable bonds is 7. The van der Waals surface area contributed by atoms with Crippen LogP contribution in [-0.4, -0.2) is 67.6 Å². The van der Waals surface area contributed by atoms with Gasteiger partial charge >= 0.3 is 12.4 Å². The lowest BCUT2D eigenvalue weighted by Crippen LogP contribution is -2.39. The predicted octanol–water partition coefficient (Wildman–Crippen LogP) is 6.17. The van der Waals surface area contributed by atoms with Gasteiger partial charge in [-0.25, -0.2) is 0 Å². The molecule has 41 heavy (non-hydrogen) atoms. The summed E-state index contributed by atoms with van der Waals surface area (Å²) in [6.07, 6.45) is -6.11. The number of nitrogens with zero attached hydrogens (tertiary/aromatic N) is 2. The second-order valence-electron chi connectivity index (χ2n) is 9.65. The summed E-state index contributed by atoms with van der Waals surface area (Å²) in [6, 6.07) is 7.89. The van der Waals surface area contributed by atoms with Gasteiger partial charge in [0.05, 0.1) is 36.6 Å². The Labute approximate surface area is 237 Å². The summed E-state index contributed by atoms with van der Waals surface area (Å²) in [6.45, 7) is 2.61. The van der Waals surface area contributed by atoms with Gasteiger partial charge in [0, 0.05) is 29.0 Å². The maximum atomic E-state index is 14.3. The number of hydrogen-bond acceptors (Lipinski definition) is 5. The first-order valence-corrected chi connectivity index (χ1v) is 13.9. The van der Waals surface area contributed by atoms with Crippen molar-refractivity contribution < 1.29 is 40.7 Å². The standard InChI is InChI=1S/C28H29F6N3O3S/c29-27(30,31)25-19(9-11-24(39)37-14-16-40-17-15-37)8-10-22(26(25)28(32,33)34)41-21-7-3-2-6-20(21)35-23(38)18-36-12-4-1-5-13-36/h2-3,6-11H,1,4-5,12-18H2,(H,35,38)/b11-9+. The molecule has 2 fully saturated rings. The lowest BCUT2D eigenvalue weighted by atomic mass is 9.99. The van der Waals surface area contributed by atoms with E-state index in [9.17, 15) is 35.9 Å². The molecule has 2 heterocycles. The van der Waals surface area contributed by atoms with Crippen molar-refractivity contribution in [2.45, 2.75) is 41.4 Å². The summed E-state index contributed by atoms with van der Waals surface area (Å²) in [5.74, 6) is -0.986. The van der Waals surface area contributed by atoms with Gasteiger partial charge in [0.1, 0.15) is 0 Å². The van der Waals surface area contributed by atoms with Crippen molar-refractivity contribution in [1.82, 2.24) is 9.80 Å². The fourth-order valence-electron chi connectivity index (χ4n) is 4.75. The van der Waals surface area contributed by atoms with E-state index in [1.807, 2.05) is 4.90 Å². The fraction of sp³-hybridized carbons (Fsp3) is 0.429. The van der Waals surface area contributed by atoms with Gasteiger partial charge in [0.2, 0.25) is 11.8 Å². The molecule has 222 valence electrons. The van der Waals surface area contributed by atoms with Crippen LogP contribution in [0.3, 0.4) is 0 Å². The van der Waals surface area contributed by atoms with Crippen LogP contribution in [-0.2, 0) is 26.7 Å². The van der Waals surface area contributed by atoms with Crippen molar-refractivity contribution in [2.75, 3.05) is 51.3 Å². The highest BCUT2D eigenvalue weighted by Gasteiger charge is 2.46. The molecule has 0 radical (unpaired) electrons. The van der Waals surface area contributed by atoms with Gasteiger partial charge in [0.25, 0.3) is 0 Å². The van der Waals surface area contributed by atoms with Crippen LogP contribution in [0.2, 0.25) is 0 Å². The molecule has 2 aromatic carbocycles. The van der Waals surface area contributed by atoms with Crippen LogP contribution in [0, 0.1) is 0 Å². The number of nitrogens with one attached hydrogen (secondary N) is 1. The number of amides is 2. The Balaban J connectivity index is 1.65. The van der Waals surface area contributed by atoms with Crippen molar-refractivity contribution in [2.24, 2.45) is 0 Å². The largest absolute Gasteiger partial charge is 0.418 e. The molecule has 2 aliphatic rings. The molecule has 2 saturated heterocycles. The van der Waals surface area contributed by atoms with Gasteiger partial charge in [-0.05, 0) is 55.8 Å². The summed E-state index contributed by atoms with van der Waals surface area (Å²) in [7, 11) is 0. The Morgan fingerprint density at radius 1 is 0.854 bits per heavy atom. The zero-order valence-corrected chi connectivity index (χ0v) is 22.8. The highest BCUT2D eigenvalue weighted by molar-refractivity contribution is 7.99. The van der Waals surface area contributed by atoms with Gasteiger partial charge in [-0.2, -0.15) is 26.3 Å². The van der Waals surface area contributed by atoms with E-state index in [4.69, 9.17) is 4.74 Å². The molecular formula is C28H29F6N3O3S. The molecule has 1 N–H and O–H groups in total. The van der Waals surface area contributed by atoms with Gasteiger partial charge in [-0.15, -0.1) is 0 Å². The van der Waals surface area contributed by atoms with E-state index in [0.717, 1.165) is 56.6 Å². The number of piperidine rings is 1. The number of carbonyl (C=O) groups excluding carboxylic acids is 2. The maximum absolute atomic E-state index is 14.3. The third kappa shape index (κ3) is 8.26. The zero-order chi connectivity index (χ0) is 29.6. The van der Waals surface area contributed by atoms with Crippen molar-refractivity contribution in [1.29, 1.82) is 0 Å². The van der Waals surface area contributed by atoms with Crippen molar-refractivity contribution >= 4 is 35.3 Å². The molecule has 13 heteroatoms. The van der Waals surface area contributed by atoms with E-state index in [-0.39, 0.29) is 49.3 Å². The number of alkyl halides is 6. The van der Waals surface area contributed by atoms with Gasteiger partial charge in [-0.3, -0.25) is 14.5 Å².